The first-order chi connectivity index (χ1) is 10.1. The fraction of sp³-hybridized carbons (Fsp3) is 0.125. The van der Waals surface area contributed by atoms with Gasteiger partial charge in [0.2, 0.25) is 5.91 Å². The molecule has 0 heterocycles. The highest BCUT2D eigenvalue weighted by atomic mass is 16.4. The normalized spacial score (nSPS) is 11.6. The van der Waals surface area contributed by atoms with Gasteiger partial charge in [-0.15, -0.1) is 0 Å². The van der Waals surface area contributed by atoms with Crippen LogP contribution in [0.3, 0.4) is 0 Å². The highest BCUT2D eigenvalue weighted by Gasteiger charge is 2.23. The number of hydrogen-bond acceptors (Lipinski definition) is 3. The first-order valence-electron chi connectivity index (χ1n) is 6.43. The highest BCUT2D eigenvalue weighted by Crippen LogP contribution is 2.21. The number of carbonyl (C=O) groups excluding carboxylic acids is 1. The summed E-state index contributed by atoms with van der Waals surface area (Å²) in [6.45, 7) is 0. The molecule has 0 radical (unpaired) electrons. The first kappa shape index (κ1) is 14.6. The minimum Gasteiger partial charge on any atom is -0.508 e. The number of aromatic hydroxyl groups is 1. The molecule has 0 spiro atoms. The molecule has 0 aromatic heterocycles. The number of rotatable bonds is 5. The van der Waals surface area contributed by atoms with Crippen LogP contribution < -0.4 is 5.32 Å². The van der Waals surface area contributed by atoms with Crippen LogP contribution in [0.2, 0.25) is 0 Å². The summed E-state index contributed by atoms with van der Waals surface area (Å²) in [5.41, 5.74) is 1.10. The van der Waals surface area contributed by atoms with Gasteiger partial charge in [-0.2, -0.15) is 0 Å². The van der Waals surface area contributed by atoms with E-state index in [1.165, 1.54) is 12.1 Å². The number of aliphatic carboxylic acids is 1. The highest BCUT2D eigenvalue weighted by molar-refractivity contribution is 5.94. The van der Waals surface area contributed by atoms with Gasteiger partial charge in [0.15, 0.2) is 0 Å². The molecule has 5 heteroatoms. The van der Waals surface area contributed by atoms with Crippen molar-refractivity contribution in [2.24, 2.45) is 0 Å². The number of hydrogen-bond donors (Lipinski definition) is 3. The molecule has 21 heavy (non-hydrogen) atoms. The molecule has 0 aliphatic heterocycles. The van der Waals surface area contributed by atoms with Crippen molar-refractivity contribution in [2.75, 3.05) is 5.32 Å². The molecule has 1 atom stereocenters. The second-order valence-electron chi connectivity index (χ2n) is 4.60. The van der Waals surface area contributed by atoms with E-state index in [4.69, 9.17) is 5.11 Å². The van der Waals surface area contributed by atoms with Gasteiger partial charge in [0.05, 0.1) is 5.92 Å². The van der Waals surface area contributed by atoms with E-state index in [1.54, 1.807) is 42.5 Å². The smallest absolute Gasteiger partial charge is 0.311 e. The Morgan fingerprint density at radius 1 is 1.00 bits per heavy atom. The van der Waals surface area contributed by atoms with E-state index < -0.39 is 17.8 Å². The van der Waals surface area contributed by atoms with Crippen LogP contribution in [0.4, 0.5) is 5.69 Å². The SMILES string of the molecule is O=C(C[C@H](C(=O)O)c1ccccc1)Nc1ccc(O)cc1. The molecule has 3 N–H and O–H groups in total. The second-order valence-corrected chi connectivity index (χ2v) is 4.60. The molecule has 0 saturated heterocycles. The number of carboxylic acids is 1. The zero-order valence-corrected chi connectivity index (χ0v) is 11.2. The van der Waals surface area contributed by atoms with Gasteiger partial charge >= 0.3 is 5.97 Å². The van der Waals surface area contributed by atoms with E-state index in [0.29, 0.717) is 11.3 Å². The molecule has 2 aromatic carbocycles. The van der Waals surface area contributed by atoms with Crippen molar-refractivity contribution in [3.8, 4) is 5.75 Å². The minimum absolute atomic E-state index is 0.0979. The van der Waals surface area contributed by atoms with Gasteiger partial charge in [-0.05, 0) is 29.8 Å². The van der Waals surface area contributed by atoms with Crippen molar-refractivity contribution in [3.05, 3.63) is 60.2 Å². The van der Waals surface area contributed by atoms with Crippen molar-refractivity contribution < 1.29 is 19.8 Å². The molecule has 0 bridgehead atoms. The largest absolute Gasteiger partial charge is 0.508 e. The van der Waals surface area contributed by atoms with Gasteiger partial charge in [0, 0.05) is 12.1 Å². The van der Waals surface area contributed by atoms with E-state index in [0.717, 1.165) is 0 Å². The minimum atomic E-state index is -1.04. The van der Waals surface area contributed by atoms with Crippen molar-refractivity contribution in [2.45, 2.75) is 12.3 Å². The summed E-state index contributed by atoms with van der Waals surface area (Å²) in [6, 6.07) is 14.6. The van der Waals surface area contributed by atoms with Crippen molar-refractivity contribution >= 4 is 17.6 Å². The summed E-state index contributed by atoms with van der Waals surface area (Å²) in [5.74, 6) is -2.22. The van der Waals surface area contributed by atoms with Crippen LogP contribution in [-0.2, 0) is 9.59 Å². The van der Waals surface area contributed by atoms with E-state index in [1.807, 2.05) is 0 Å². The monoisotopic (exact) mass is 285 g/mol. The van der Waals surface area contributed by atoms with Crippen molar-refractivity contribution in [1.82, 2.24) is 0 Å². The van der Waals surface area contributed by atoms with Crippen LogP contribution in [0.25, 0.3) is 0 Å². The molecule has 0 fully saturated rings. The number of phenols is 1. The maximum absolute atomic E-state index is 11.9. The lowest BCUT2D eigenvalue weighted by Gasteiger charge is -2.12. The lowest BCUT2D eigenvalue weighted by Crippen LogP contribution is -2.20. The molecule has 5 nitrogen and oxygen atoms in total. The van der Waals surface area contributed by atoms with E-state index in [9.17, 15) is 14.7 Å². The number of benzene rings is 2. The number of anilines is 1. The van der Waals surface area contributed by atoms with Crippen LogP contribution >= 0.6 is 0 Å². The quantitative estimate of drug-likeness (QED) is 0.737. The molecule has 1 amide bonds. The Morgan fingerprint density at radius 2 is 1.62 bits per heavy atom. The standard InChI is InChI=1S/C16H15NO4/c18-13-8-6-12(7-9-13)17-15(19)10-14(16(20)21)11-4-2-1-3-5-11/h1-9,14,18H,10H2,(H,17,19)(H,20,21)/t14-/m0/s1. The molecular weight excluding hydrogens is 270 g/mol. The summed E-state index contributed by atoms with van der Waals surface area (Å²) < 4.78 is 0. The van der Waals surface area contributed by atoms with Gasteiger partial charge < -0.3 is 15.5 Å². The maximum Gasteiger partial charge on any atom is 0.311 e. The van der Waals surface area contributed by atoms with Crippen molar-refractivity contribution in [1.29, 1.82) is 0 Å². The predicted octanol–water partition coefficient (Wildman–Crippen LogP) is 2.59. The average molecular weight is 285 g/mol. The lowest BCUT2D eigenvalue weighted by atomic mass is 9.95. The van der Waals surface area contributed by atoms with E-state index in [-0.39, 0.29) is 12.2 Å². The van der Waals surface area contributed by atoms with Crippen LogP contribution in [0.5, 0.6) is 5.75 Å². The zero-order valence-electron chi connectivity index (χ0n) is 11.2. The lowest BCUT2D eigenvalue weighted by molar-refractivity contribution is -0.140. The van der Waals surface area contributed by atoms with Crippen LogP contribution in [0, 0.1) is 0 Å². The van der Waals surface area contributed by atoms with E-state index >= 15 is 0 Å². The molecule has 2 aromatic rings. The van der Waals surface area contributed by atoms with Gasteiger partial charge in [-0.25, -0.2) is 0 Å². The van der Waals surface area contributed by atoms with Gasteiger partial charge in [0.25, 0.3) is 0 Å². The number of nitrogens with one attached hydrogen (secondary N) is 1. The first-order valence-corrected chi connectivity index (χ1v) is 6.43. The summed E-state index contributed by atoms with van der Waals surface area (Å²) in [4.78, 5) is 23.3. The van der Waals surface area contributed by atoms with Gasteiger partial charge in [0.1, 0.15) is 5.75 Å². The summed E-state index contributed by atoms with van der Waals surface area (Å²) in [5, 5.41) is 21.0. The topological polar surface area (TPSA) is 86.6 Å². The summed E-state index contributed by atoms with van der Waals surface area (Å²) in [6.07, 6.45) is -0.153. The Balaban J connectivity index is 2.05. The maximum atomic E-state index is 11.9. The Labute approximate surface area is 121 Å². The molecule has 2 rings (SSSR count). The van der Waals surface area contributed by atoms with E-state index in [2.05, 4.69) is 5.32 Å². The van der Waals surface area contributed by atoms with Crippen LogP contribution in [0.15, 0.2) is 54.6 Å². The summed E-state index contributed by atoms with van der Waals surface area (Å²) >= 11 is 0. The number of phenolic OH excluding ortho intramolecular Hbond substituents is 1. The Morgan fingerprint density at radius 3 is 2.19 bits per heavy atom. The predicted molar refractivity (Wildman–Crippen MR) is 78.2 cm³/mol. The molecule has 0 aliphatic rings. The molecule has 0 aliphatic carbocycles. The fourth-order valence-electron chi connectivity index (χ4n) is 1.98. The Bertz CT molecular complexity index is 622. The van der Waals surface area contributed by atoms with Gasteiger partial charge in [-0.3, -0.25) is 9.59 Å². The second kappa shape index (κ2) is 6.56. The van der Waals surface area contributed by atoms with Crippen LogP contribution in [-0.4, -0.2) is 22.1 Å². The molecule has 108 valence electrons. The average Bonchev–Trinajstić information content (AvgIpc) is 2.48. The summed E-state index contributed by atoms with van der Waals surface area (Å²) in [7, 11) is 0. The number of amides is 1. The number of carbonyl (C=O) groups is 2. The third-order valence-electron chi connectivity index (χ3n) is 3.04. The Hall–Kier alpha value is -2.82. The Kier molecular flexibility index (Phi) is 4.56. The molecule has 0 unspecified atom stereocenters. The van der Waals surface area contributed by atoms with Crippen molar-refractivity contribution in [3.63, 3.8) is 0 Å². The molecular formula is C16H15NO4. The third kappa shape index (κ3) is 4.07. The zero-order chi connectivity index (χ0) is 15.2. The fourth-order valence-corrected chi connectivity index (χ4v) is 1.98. The number of carboxylic acid groups (broad SMARTS) is 1. The van der Waals surface area contributed by atoms with Crippen LogP contribution in [0.1, 0.15) is 17.9 Å². The molecule has 0 saturated carbocycles. The van der Waals surface area contributed by atoms with Gasteiger partial charge in [-0.1, -0.05) is 30.3 Å². The third-order valence-corrected chi connectivity index (χ3v) is 3.04.